The van der Waals surface area contributed by atoms with Gasteiger partial charge in [-0.2, -0.15) is 0 Å². The van der Waals surface area contributed by atoms with Crippen LogP contribution < -0.4 is 10.6 Å². The zero-order chi connectivity index (χ0) is 16.2. The molecule has 0 aliphatic carbocycles. The first kappa shape index (κ1) is 21.9. The number of carbonyl (C=O) groups excluding carboxylic acids is 1. The maximum absolute atomic E-state index is 12.3. The van der Waals surface area contributed by atoms with E-state index in [9.17, 15) is 4.79 Å². The molecular weight excluding hydrogens is 379 g/mol. The molecule has 0 saturated carbocycles. The molecule has 138 valence electrons. The van der Waals surface area contributed by atoms with Crippen LogP contribution in [0.5, 0.6) is 0 Å². The van der Waals surface area contributed by atoms with Gasteiger partial charge in [0.25, 0.3) is 0 Å². The van der Waals surface area contributed by atoms with E-state index in [1.54, 1.807) is 11.3 Å². The fourth-order valence-corrected chi connectivity index (χ4v) is 3.38. The number of hydrogen-bond donors (Lipinski definition) is 2. The first-order valence-corrected chi connectivity index (χ1v) is 8.77. The van der Waals surface area contributed by atoms with Gasteiger partial charge in [0.1, 0.15) is 0 Å². The Kier molecular flexibility index (Phi) is 8.82. The third kappa shape index (κ3) is 5.94. The highest BCUT2D eigenvalue weighted by Gasteiger charge is 2.20. The van der Waals surface area contributed by atoms with Crippen molar-refractivity contribution in [2.45, 2.75) is 19.9 Å². The van der Waals surface area contributed by atoms with E-state index in [2.05, 4.69) is 27.4 Å². The smallest absolute Gasteiger partial charge is 0.238 e. The number of aryl methyl sites for hydroxylation is 1. The topological polar surface area (TPSA) is 57.3 Å². The summed E-state index contributed by atoms with van der Waals surface area (Å²) >= 11 is 1.63. The third-order valence-electron chi connectivity index (χ3n) is 4.05. The molecule has 1 aliphatic rings. The lowest BCUT2D eigenvalue weighted by atomic mass is 10.1. The van der Waals surface area contributed by atoms with E-state index < -0.39 is 0 Å². The van der Waals surface area contributed by atoms with Gasteiger partial charge in [0, 0.05) is 42.3 Å². The number of aromatic nitrogens is 1. The number of amides is 1. The molecule has 0 spiro atoms. The monoisotopic (exact) mass is 402 g/mol. The van der Waals surface area contributed by atoms with Gasteiger partial charge in [0.2, 0.25) is 5.91 Å². The van der Waals surface area contributed by atoms with Crippen molar-refractivity contribution in [3.63, 3.8) is 0 Å². The van der Waals surface area contributed by atoms with Crippen molar-refractivity contribution in [2.24, 2.45) is 0 Å². The number of halogens is 2. The van der Waals surface area contributed by atoms with Crippen molar-refractivity contribution in [3.8, 4) is 11.3 Å². The van der Waals surface area contributed by atoms with Gasteiger partial charge in [-0.1, -0.05) is 12.1 Å². The molecule has 5 nitrogen and oxygen atoms in total. The Hall–Kier alpha value is -1.18. The number of carbonyl (C=O) groups is 1. The van der Waals surface area contributed by atoms with E-state index in [0.717, 1.165) is 41.6 Å². The lowest BCUT2D eigenvalue weighted by Crippen LogP contribution is -2.51. The Morgan fingerprint density at radius 3 is 2.92 bits per heavy atom. The van der Waals surface area contributed by atoms with Gasteiger partial charge < -0.3 is 10.6 Å². The van der Waals surface area contributed by atoms with Gasteiger partial charge in [0.15, 0.2) is 0 Å². The molecular formula is C17H24Cl2N4OS. The quantitative estimate of drug-likeness (QED) is 0.823. The van der Waals surface area contributed by atoms with Gasteiger partial charge in [0.05, 0.1) is 17.2 Å². The van der Waals surface area contributed by atoms with Crippen LogP contribution in [0.4, 0.5) is 5.69 Å². The SMILES string of the molecule is Cc1nc(-c2cccc(NC(=O)CN3CCNC[C@H]3C)c2)cs1.Cl.Cl. The van der Waals surface area contributed by atoms with Crippen LogP contribution in [0.1, 0.15) is 11.9 Å². The maximum atomic E-state index is 12.3. The van der Waals surface area contributed by atoms with Gasteiger partial charge in [-0.15, -0.1) is 36.2 Å². The molecule has 1 aromatic carbocycles. The summed E-state index contributed by atoms with van der Waals surface area (Å²) in [6.45, 7) is 7.36. The molecule has 1 atom stereocenters. The van der Waals surface area contributed by atoms with E-state index in [1.807, 2.05) is 36.6 Å². The van der Waals surface area contributed by atoms with E-state index in [-0.39, 0.29) is 30.7 Å². The summed E-state index contributed by atoms with van der Waals surface area (Å²) in [5.41, 5.74) is 2.81. The van der Waals surface area contributed by atoms with Crippen LogP contribution in [0.2, 0.25) is 0 Å². The van der Waals surface area contributed by atoms with Crippen molar-refractivity contribution < 1.29 is 4.79 Å². The fourth-order valence-electron chi connectivity index (χ4n) is 2.76. The second-order valence-corrected chi connectivity index (χ2v) is 6.97. The predicted molar refractivity (Wildman–Crippen MR) is 109 cm³/mol. The predicted octanol–water partition coefficient (Wildman–Crippen LogP) is 3.19. The van der Waals surface area contributed by atoms with Crippen LogP contribution in [0.25, 0.3) is 11.3 Å². The lowest BCUT2D eigenvalue weighted by Gasteiger charge is -2.33. The Morgan fingerprint density at radius 2 is 2.24 bits per heavy atom. The molecule has 1 amide bonds. The van der Waals surface area contributed by atoms with Gasteiger partial charge in [-0.05, 0) is 26.0 Å². The molecule has 2 aromatic rings. The van der Waals surface area contributed by atoms with Crippen molar-refractivity contribution in [2.75, 3.05) is 31.5 Å². The van der Waals surface area contributed by atoms with Crippen molar-refractivity contribution >= 4 is 47.7 Å². The average molecular weight is 403 g/mol. The number of nitrogens with zero attached hydrogens (tertiary/aromatic N) is 2. The van der Waals surface area contributed by atoms with Gasteiger partial charge >= 0.3 is 0 Å². The molecule has 2 heterocycles. The van der Waals surface area contributed by atoms with Crippen LogP contribution >= 0.6 is 36.2 Å². The van der Waals surface area contributed by atoms with Crippen molar-refractivity contribution in [1.82, 2.24) is 15.2 Å². The Labute approximate surface area is 165 Å². The molecule has 25 heavy (non-hydrogen) atoms. The molecule has 1 saturated heterocycles. The second kappa shape index (κ2) is 10.1. The van der Waals surface area contributed by atoms with Crippen LogP contribution in [0.15, 0.2) is 29.6 Å². The number of benzene rings is 1. The number of hydrogen-bond acceptors (Lipinski definition) is 5. The minimum atomic E-state index is 0. The van der Waals surface area contributed by atoms with E-state index in [1.165, 1.54) is 0 Å². The zero-order valence-electron chi connectivity index (χ0n) is 14.3. The minimum absolute atomic E-state index is 0. The zero-order valence-corrected chi connectivity index (χ0v) is 16.8. The number of thiazole rings is 1. The lowest BCUT2D eigenvalue weighted by molar-refractivity contribution is -0.118. The fraction of sp³-hybridized carbons (Fsp3) is 0.412. The average Bonchev–Trinajstić information content (AvgIpc) is 2.96. The normalized spacial score (nSPS) is 17.3. The summed E-state index contributed by atoms with van der Waals surface area (Å²) in [4.78, 5) is 19.0. The molecule has 0 unspecified atom stereocenters. The van der Waals surface area contributed by atoms with E-state index >= 15 is 0 Å². The highest BCUT2D eigenvalue weighted by molar-refractivity contribution is 7.09. The second-order valence-electron chi connectivity index (χ2n) is 5.90. The van der Waals surface area contributed by atoms with Crippen LogP contribution in [-0.4, -0.2) is 48.0 Å². The first-order valence-electron chi connectivity index (χ1n) is 7.89. The molecule has 0 bridgehead atoms. The summed E-state index contributed by atoms with van der Waals surface area (Å²) in [7, 11) is 0. The molecule has 0 radical (unpaired) electrons. The largest absolute Gasteiger partial charge is 0.325 e. The standard InChI is InChI=1S/C17H22N4OS.2ClH/c1-12-9-18-6-7-21(12)10-17(22)20-15-5-3-4-14(8-15)16-11-23-13(2)19-16;;/h3-5,8,11-12,18H,6-7,9-10H2,1-2H3,(H,20,22);2*1H/t12-;;/m1../s1. The maximum Gasteiger partial charge on any atom is 0.238 e. The summed E-state index contributed by atoms with van der Waals surface area (Å²) in [5, 5.41) is 9.42. The summed E-state index contributed by atoms with van der Waals surface area (Å²) in [5.74, 6) is 0.0327. The molecule has 1 aromatic heterocycles. The number of rotatable bonds is 4. The highest BCUT2D eigenvalue weighted by Crippen LogP contribution is 2.24. The summed E-state index contributed by atoms with van der Waals surface area (Å²) in [6.07, 6.45) is 0. The van der Waals surface area contributed by atoms with Crippen LogP contribution in [0, 0.1) is 6.92 Å². The number of anilines is 1. The van der Waals surface area contributed by atoms with Gasteiger partial charge in [-0.25, -0.2) is 4.98 Å². The molecule has 2 N–H and O–H groups in total. The Balaban J connectivity index is 0.00000156. The Bertz CT molecular complexity index is 695. The van der Waals surface area contributed by atoms with E-state index in [0.29, 0.717) is 12.6 Å². The molecule has 3 rings (SSSR count). The van der Waals surface area contributed by atoms with Crippen molar-refractivity contribution in [1.29, 1.82) is 0 Å². The third-order valence-corrected chi connectivity index (χ3v) is 4.82. The van der Waals surface area contributed by atoms with Crippen molar-refractivity contribution in [3.05, 3.63) is 34.7 Å². The van der Waals surface area contributed by atoms with Gasteiger partial charge in [-0.3, -0.25) is 9.69 Å². The summed E-state index contributed by atoms with van der Waals surface area (Å²) < 4.78 is 0. The minimum Gasteiger partial charge on any atom is -0.325 e. The summed E-state index contributed by atoms with van der Waals surface area (Å²) in [6, 6.07) is 8.25. The highest BCUT2D eigenvalue weighted by atomic mass is 35.5. The number of piperazine rings is 1. The van der Waals surface area contributed by atoms with Crippen LogP contribution in [0.3, 0.4) is 0 Å². The number of nitrogens with one attached hydrogen (secondary N) is 2. The first-order chi connectivity index (χ1) is 11.1. The molecule has 8 heteroatoms. The molecule has 1 aliphatic heterocycles. The van der Waals surface area contributed by atoms with Crippen LogP contribution in [-0.2, 0) is 4.79 Å². The van der Waals surface area contributed by atoms with E-state index in [4.69, 9.17) is 0 Å². The Morgan fingerprint density at radius 1 is 1.44 bits per heavy atom. The molecule has 1 fully saturated rings.